The maximum Gasteiger partial charge on any atom is 2.00 e. The number of allylic oxidation sites excluding steroid dienone is 10. The maximum absolute atomic E-state index is 2.53. The van der Waals surface area contributed by atoms with Gasteiger partial charge in [-0.1, -0.05) is 53.5 Å². The van der Waals surface area contributed by atoms with E-state index >= 15 is 0 Å². The van der Waals surface area contributed by atoms with Crippen LogP contribution in [0.3, 0.4) is 0 Å². The van der Waals surface area contributed by atoms with Crippen LogP contribution in [0.5, 0.6) is 0 Å². The summed E-state index contributed by atoms with van der Waals surface area (Å²) in [5, 5.41) is 3.65. The van der Waals surface area contributed by atoms with Crippen LogP contribution in [0.1, 0.15) is 13.3 Å². The molecule has 4 aliphatic rings. The van der Waals surface area contributed by atoms with Gasteiger partial charge in [0.2, 0.25) is 0 Å². The van der Waals surface area contributed by atoms with Crippen LogP contribution in [0.15, 0.2) is 55.7 Å². The van der Waals surface area contributed by atoms with E-state index in [1.165, 1.54) is 0 Å². The molecule has 2 aliphatic carbocycles. The van der Waals surface area contributed by atoms with Gasteiger partial charge in [-0.25, -0.2) is 0 Å². The predicted octanol–water partition coefficient (Wildman–Crippen LogP) is -1.49. The Bertz CT molecular complexity index is 611. The van der Waals surface area contributed by atoms with Crippen LogP contribution in [0.25, 0.3) is 0 Å². The standard InChI is InChI=1S/C15H16SSi.2ClH.Zr/c1-9-14-13-12(16-9)8-11(10-6-4-5-7-10)15(13)17(14,2)3;;;/h4-6,8,13H,7H2,1-3H3;2*1H;/q;;;+2/p-2. The van der Waals surface area contributed by atoms with Gasteiger partial charge in [-0.15, -0.1) is 0 Å². The predicted molar refractivity (Wildman–Crippen MR) is 78.2 cm³/mol. The molecule has 0 aromatic heterocycles. The number of hydrogen-bond donors (Lipinski definition) is 0. The summed E-state index contributed by atoms with van der Waals surface area (Å²) in [7, 11) is -1.24. The summed E-state index contributed by atoms with van der Waals surface area (Å²) < 4.78 is 0. The van der Waals surface area contributed by atoms with Gasteiger partial charge in [-0.2, -0.15) is 0 Å². The van der Waals surface area contributed by atoms with Crippen molar-refractivity contribution >= 4 is 19.8 Å². The van der Waals surface area contributed by atoms with E-state index < -0.39 is 8.07 Å². The van der Waals surface area contributed by atoms with Gasteiger partial charge >= 0.3 is 26.2 Å². The number of hydrogen-bond acceptors (Lipinski definition) is 1. The van der Waals surface area contributed by atoms with Crippen LogP contribution in [-0.4, -0.2) is 8.07 Å². The van der Waals surface area contributed by atoms with Crippen LogP contribution < -0.4 is 24.8 Å². The van der Waals surface area contributed by atoms with Crippen molar-refractivity contribution in [2.24, 2.45) is 5.92 Å². The topological polar surface area (TPSA) is 0 Å². The average Bonchev–Trinajstić information content (AvgIpc) is 2.85. The molecule has 1 saturated heterocycles. The minimum absolute atomic E-state index is 0. The molecule has 1 atom stereocenters. The second kappa shape index (κ2) is 6.08. The molecule has 1 unspecified atom stereocenters. The van der Waals surface area contributed by atoms with Crippen molar-refractivity contribution in [2.45, 2.75) is 26.4 Å². The third-order valence-corrected chi connectivity index (χ3v) is 9.76. The molecule has 0 amide bonds. The van der Waals surface area contributed by atoms with Gasteiger partial charge in [0, 0.05) is 10.8 Å². The maximum atomic E-state index is 2.53. The molecule has 0 radical (unpaired) electrons. The minimum atomic E-state index is -1.24. The largest absolute Gasteiger partial charge is 2.00 e. The monoisotopic (exact) mass is 416 g/mol. The molecule has 0 bridgehead atoms. The first kappa shape index (κ1) is 18.8. The summed E-state index contributed by atoms with van der Waals surface area (Å²) in [6.07, 6.45) is 10.4. The van der Waals surface area contributed by atoms with E-state index in [1.807, 2.05) is 22.2 Å². The number of thioether (sulfide) groups is 1. The summed E-state index contributed by atoms with van der Waals surface area (Å²) >= 11 is 2.04. The van der Waals surface area contributed by atoms with Gasteiger partial charge in [0.1, 0.15) is 8.07 Å². The zero-order valence-corrected chi connectivity index (χ0v) is 17.5. The number of rotatable bonds is 1. The third-order valence-electron chi connectivity index (χ3n) is 4.55. The molecule has 2 aliphatic heterocycles. The van der Waals surface area contributed by atoms with E-state index in [9.17, 15) is 0 Å². The average molecular weight is 419 g/mol. The molecule has 0 aromatic carbocycles. The molecule has 4 rings (SSSR count). The Morgan fingerprint density at radius 3 is 2.50 bits per heavy atom. The zero-order valence-electron chi connectivity index (χ0n) is 11.8. The van der Waals surface area contributed by atoms with Crippen molar-refractivity contribution in [3.8, 4) is 0 Å². The molecule has 5 heteroatoms. The van der Waals surface area contributed by atoms with Crippen LogP contribution in [0, 0.1) is 5.92 Å². The molecule has 0 spiro atoms. The van der Waals surface area contributed by atoms with Crippen LogP contribution in [0.4, 0.5) is 0 Å². The van der Waals surface area contributed by atoms with Crippen molar-refractivity contribution in [3.63, 3.8) is 0 Å². The first-order valence-electron chi connectivity index (χ1n) is 6.32. The van der Waals surface area contributed by atoms with E-state index in [0.717, 1.165) is 12.3 Å². The quantitative estimate of drug-likeness (QED) is 0.468. The fourth-order valence-corrected chi connectivity index (χ4v) is 10.0. The molecule has 20 heavy (non-hydrogen) atoms. The van der Waals surface area contributed by atoms with E-state index in [2.05, 4.69) is 44.3 Å². The fourth-order valence-electron chi connectivity index (χ4n) is 3.89. The van der Waals surface area contributed by atoms with E-state index in [1.54, 1.807) is 21.0 Å². The molecule has 0 nitrogen and oxygen atoms in total. The van der Waals surface area contributed by atoms with Crippen molar-refractivity contribution in [3.05, 3.63) is 55.7 Å². The third kappa shape index (κ3) is 2.20. The van der Waals surface area contributed by atoms with Gasteiger partial charge in [0.05, 0.1) is 0 Å². The Kier molecular flexibility index (Phi) is 5.71. The molecular formula is C15H16Cl2SSiZr. The van der Waals surface area contributed by atoms with Gasteiger partial charge < -0.3 is 24.8 Å². The first-order chi connectivity index (χ1) is 8.10. The molecular weight excluding hydrogens is 402 g/mol. The summed E-state index contributed by atoms with van der Waals surface area (Å²) in [4.78, 5) is 3.22. The van der Waals surface area contributed by atoms with Gasteiger partial charge in [-0.05, 0) is 35.5 Å². The Labute approximate surface area is 157 Å². The summed E-state index contributed by atoms with van der Waals surface area (Å²) in [6, 6.07) is 0. The van der Waals surface area contributed by atoms with Crippen LogP contribution in [-0.2, 0) is 26.2 Å². The molecule has 2 heterocycles. The SMILES string of the molecule is CC1=C2C3C(=CC(C4=CC=CC4)=C3[Si]2(C)C)S1.[Cl-].[Cl-].[Zr+2]. The van der Waals surface area contributed by atoms with E-state index in [0.29, 0.717) is 0 Å². The molecule has 1 fully saturated rings. The van der Waals surface area contributed by atoms with Crippen LogP contribution in [0.2, 0.25) is 13.1 Å². The molecule has 0 N–H and O–H groups in total. The van der Waals surface area contributed by atoms with Crippen molar-refractivity contribution in [1.82, 2.24) is 0 Å². The molecule has 0 saturated carbocycles. The van der Waals surface area contributed by atoms with Crippen molar-refractivity contribution in [1.29, 1.82) is 0 Å². The van der Waals surface area contributed by atoms with Crippen LogP contribution >= 0.6 is 11.8 Å². The summed E-state index contributed by atoms with van der Waals surface area (Å²) in [5.74, 6) is 0.734. The van der Waals surface area contributed by atoms with Gasteiger partial charge in [0.25, 0.3) is 0 Å². The smallest absolute Gasteiger partial charge is 1.00 e. The summed E-state index contributed by atoms with van der Waals surface area (Å²) in [5.41, 5.74) is 3.16. The van der Waals surface area contributed by atoms with Gasteiger partial charge in [-0.3, -0.25) is 0 Å². The van der Waals surface area contributed by atoms with E-state index in [4.69, 9.17) is 0 Å². The van der Waals surface area contributed by atoms with E-state index in [-0.39, 0.29) is 51.0 Å². The molecule has 0 aromatic rings. The van der Waals surface area contributed by atoms with Gasteiger partial charge in [0.15, 0.2) is 0 Å². The Morgan fingerprint density at radius 1 is 1.20 bits per heavy atom. The normalized spacial score (nSPS) is 27.1. The summed E-state index contributed by atoms with van der Waals surface area (Å²) in [6.45, 7) is 7.38. The zero-order chi connectivity index (χ0) is 11.8. The fraction of sp³-hybridized carbons (Fsp3) is 0.333. The second-order valence-corrected chi connectivity index (χ2v) is 11.4. The van der Waals surface area contributed by atoms with Crippen molar-refractivity contribution < 1.29 is 51.0 Å². The van der Waals surface area contributed by atoms with Crippen molar-refractivity contribution in [2.75, 3.05) is 0 Å². The second-order valence-electron chi connectivity index (χ2n) is 5.83. The minimum Gasteiger partial charge on any atom is -1.00 e. The Hall–Kier alpha value is 0.730. The molecule has 104 valence electrons. The number of halogens is 2. The first-order valence-corrected chi connectivity index (χ1v) is 10.1. The Balaban J connectivity index is 0.000000667. The Morgan fingerprint density at radius 2 is 1.90 bits per heavy atom.